The van der Waals surface area contributed by atoms with Crippen molar-refractivity contribution in [2.75, 3.05) is 20.2 Å². The summed E-state index contributed by atoms with van der Waals surface area (Å²) >= 11 is 0. The molecule has 0 aromatic heterocycles. The maximum atomic E-state index is 13.5. The van der Waals surface area contributed by atoms with Crippen molar-refractivity contribution in [2.45, 2.75) is 4.90 Å². The molecule has 0 saturated heterocycles. The molecule has 3 aromatic rings. The Morgan fingerprint density at radius 1 is 0.960 bits per heavy atom. The fraction of sp³-hybridized carbons (Fsp3) is 0.158. The molecule has 0 spiro atoms. The number of para-hydroxylation sites is 1. The number of hydrogen-bond acceptors (Lipinski definition) is 3. The van der Waals surface area contributed by atoms with E-state index in [1.807, 2.05) is 24.3 Å². The predicted molar refractivity (Wildman–Crippen MR) is 95.7 cm³/mol. The molecular weight excluding hydrogens is 341 g/mol. The zero-order valence-electron chi connectivity index (χ0n) is 13.7. The quantitative estimate of drug-likeness (QED) is 0.674. The number of halogens is 1. The van der Waals surface area contributed by atoms with Gasteiger partial charge in [-0.1, -0.05) is 42.5 Å². The summed E-state index contributed by atoms with van der Waals surface area (Å²) in [7, 11) is -2.15. The molecule has 0 atom stereocenters. The number of likely N-dealkylation sites (N-methyl/N-ethyl adjacent to an activating group) is 1. The van der Waals surface area contributed by atoms with Gasteiger partial charge >= 0.3 is 0 Å². The zero-order chi connectivity index (χ0) is 17.9. The zero-order valence-corrected chi connectivity index (χ0v) is 14.5. The SMILES string of the molecule is CN(CCOc1ccccc1F)S(=O)(=O)c1ccc2ccccc2c1. The normalized spacial score (nSPS) is 11.8. The molecule has 0 heterocycles. The summed E-state index contributed by atoms with van der Waals surface area (Å²) in [5.41, 5.74) is 0. The van der Waals surface area contributed by atoms with Crippen molar-refractivity contribution in [3.8, 4) is 5.75 Å². The second kappa shape index (κ2) is 7.21. The van der Waals surface area contributed by atoms with E-state index in [9.17, 15) is 12.8 Å². The molecule has 3 aromatic carbocycles. The minimum atomic E-state index is -3.64. The van der Waals surface area contributed by atoms with E-state index in [2.05, 4.69) is 0 Å². The van der Waals surface area contributed by atoms with Gasteiger partial charge in [-0.25, -0.2) is 12.8 Å². The Morgan fingerprint density at radius 2 is 1.64 bits per heavy atom. The highest BCUT2D eigenvalue weighted by Crippen LogP contribution is 2.21. The Bertz CT molecular complexity index is 989. The minimum Gasteiger partial charge on any atom is -0.489 e. The van der Waals surface area contributed by atoms with Crippen molar-refractivity contribution in [2.24, 2.45) is 0 Å². The third-order valence-corrected chi connectivity index (χ3v) is 5.78. The lowest BCUT2D eigenvalue weighted by Gasteiger charge is -2.18. The molecule has 0 amide bonds. The molecule has 0 unspecified atom stereocenters. The average molecular weight is 359 g/mol. The highest BCUT2D eigenvalue weighted by Gasteiger charge is 2.21. The smallest absolute Gasteiger partial charge is 0.242 e. The van der Waals surface area contributed by atoms with E-state index in [1.165, 1.54) is 23.5 Å². The molecule has 0 saturated carbocycles. The lowest BCUT2D eigenvalue weighted by Crippen LogP contribution is -2.31. The maximum absolute atomic E-state index is 13.5. The van der Waals surface area contributed by atoms with E-state index in [4.69, 9.17) is 4.74 Å². The van der Waals surface area contributed by atoms with Crippen LogP contribution in [0.2, 0.25) is 0 Å². The van der Waals surface area contributed by atoms with Gasteiger partial charge in [-0.3, -0.25) is 0 Å². The fourth-order valence-electron chi connectivity index (χ4n) is 2.47. The third kappa shape index (κ3) is 3.81. The van der Waals surface area contributed by atoms with E-state index in [-0.39, 0.29) is 23.8 Å². The number of benzene rings is 3. The molecule has 3 rings (SSSR count). The van der Waals surface area contributed by atoms with Gasteiger partial charge in [0, 0.05) is 13.6 Å². The molecule has 6 heteroatoms. The van der Waals surface area contributed by atoms with Gasteiger partial charge in [0.1, 0.15) is 6.61 Å². The van der Waals surface area contributed by atoms with E-state index >= 15 is 0 Å². The van der Waals surface area contributed by atoms with Gasteiger partial charge in [0.05, 0.1) is 4.90 Å². The molecular formula is C19H18FNO3S. The molecule has 130 valence electrons. The summed E-state index contributed by atoms with van der Waals surface area (Å²) in [5.74, 6) is -0.360. The van der Waals surface area contributed by atoms with Crippen LogP contribution >= 0.6 is 0 Å². The molecule has 0 bridgehead atoms. The Kier molecular flexibility index (Phi) is 5.01. The second-order valence-corrected chi connectivity index (χ2v) is 7.66. The Morgan fingerprint density at radius 3 is 2.40 bits per heavy atom. The second-order valence-electron chi connectivity index (χ2n) is 5.61. The number of ether oxygens (including phenoxy) is 1. The summed E-state index contributed by atoms with van der Waals surface area (Å²) in [6.45, 7) is 0.174. The monoisotopic (exact) mass is 359 g/mol. The lowest BCUT2D eigenvalue weighted by atomic mass is 10.1. The van der Waals surface area contributed by atoms with Crippen LogP contribution in [0.4, 0.5) is 4.39 Å². The van der Waals surface area contributed by atoms with Gasteiger partial charge in [0.15, 0.2) is 11.6 Å². The van der Waals surface area contributed by atoms with Crippen LogP contribution in [-0.2, 0) is 10.0 Å². The minimum absolute atomic E-state index is 0.0598. The van der Waals surface area contributed by atoms with Crippen molar-refractivity contribution >= 4 is 20.8 Å². The van der Waals surface area contributed by atoms with Crippen LogP contribution in [0.1, 0.15) is 0 Å². The van der Waals surface area contributed by atoms with Crippen LogP contribution in [0.3, 0.4) is 0 Å². The molecule has 0 aliphatic carbocycles. The third-order valence-electron chi connectivity index (χ3n) is 3.93. The van der Waals surface area contributed by atoms with Crippen LogP contribution in [0, 0.1) is 5.82 Å². The Balaban J connectivity index is 1.71. The Labute approximate surface area is 146 Å². The molecule has 25 heavy (non-hydrogen) atoms. The summed E-state index contributed by atoms with van der Waals surface area (Å²) in [6.07, 6.45) is 0. The van der Waals surface area contributed by atoms with Crippen LogP contribution in [0.25, 0.3) is 10.8 Å². The number of sulfonamides is 1. The van der Waals surface area contributed by atoms with E-state index in [1.54, 1.807) is 30.3 Å². The van der Waals surface area contributed by atoms with Gasteiger partial charge < -0.3 is 4.74 Å². The standard InChI is InChI=1S/C19H18FNO3S/c1-21(12-13-24-19-9-5-4-8-18(19)20)25(22,23)17-11-10-15-6-2-3-7-16(15)14-17/h2-11,14H,12-13H2,1H3. The van der Waals surface area contributed by atoms with Gasteiger partial charge in [-0.15, -0.1) is 0 Å². The van der Waals surface area contributed by atoms with E-state index < -0.39 is 15.8 Å². The molecule has 0 fully saturated rings. The molecule has 4 nitrogen and oxygen atoms in total. The van der Waals surface area contributed by atoms with Gasteiger partial charge in [-0.2, -0.15) is 4.31 Å². The first-order chi connectivity index (χ1) is 12.0. The van der Waals surface area contributed by atoms with Crippen LogP contribution in [-0.4, -0.2) is 32.9 Å². The van der Waals surface area contributed by atoms with Crippen molar-refractivity contribution in [3.05, 3.63) is 72.5 Å². The Hall–Kier alpha value is -2.44. The van der Waals surface area contributed by atoms with Crippen molar-refractivity contribution < 1.29 is 17.5 Å². The first kappa shape index (κ1) is 17.4. The molecule has 0 aliphatic rings. The number of rotatable bonds is 6. The number of fused-ring (bicyclic) bond motifs is 1. The van der Waals surface area contributed by atoms with Gasteiger partial charge in [0.25, 0.3) is 0 Å². The average Bonchev–Trinajstić information content (AvgIpc) is 2.62. The van der Waals surface area contributed by atoms with Crippen LogP contribution < -0.4 is 4.74 Å². The van der Waals surface area contributed by atoms with Gasteiger partial charge in [-0.05, 0) is 35.0 Å². The predicted octanol–water partition coefficient (Wildman–Crippen LogP) is 3.68. The molecule has 0 aliphatic heterocycles. The first-order valence-electron chi connectivity index (χ1n) is 7.81. The van der Waals surface area contributed by atoms with E-state index in [0.29, 0.717) is 0 Å². The highest BCUT2D eigenvalue weighted by atomic mass is 32.2. The van der Waals surface area contributed by atoms with Crippen LogP contribution in [0.5, 0.6) is 5.75 Å². The number of nitrogens with zero attached hydrogens (tertiary/aromatic N) is 1. The van der Waals surface area contributed by atoms with Crippen molar-refractivity contribution in [1.82, 2.24) is 4.31 Å². The summed E-state index contributed by atoms with van der Waals surface area (Å²) in [5, 5.41) is 1.84. The largest absolute Gasteiger partial charge is 0.489 e. The lowest BCUT2D eigenvalue weighted by molar-refractivity contribution is 0.275. The highest BCUT2D eigenvalue weighted by molar-refractivity contribution is 7.89. The fourth-order valence-corrected chi connectivity index (χ4v) is 3.66. The topological polar surface area (TPSA) is 46.6 Å². The number of hydrogen-bond donors (Lipinski definition) is 0. The van der Waals surface area contributed by atoms with Gasteiger partial charge in [0.2, 0.25) is 10.0 Å². The summed E-state index contributed by atoms with van der Waals surface area (Å²) < 4.78 is 45.4. The molecule has 0 radical (unpaired) electrons. The first-order valence-corrected chi connectivity index (χ1v) is 9.25. The summed E-state index contributed by atoms with van der Waals surface area (Å²) in [4.78, 5) is 0.222. The molecule has 0 N–H and O–H groups in total. The summed E-state index contributed by atoms with van der Waals surface area (Å²) in [6, 6.07) is 18.6. The van der Waals surface area contributed by atoms with E-state index in [0.717, 1.165) is 10.8 Å². The van der Waals surface area contributed by atoms with Crippen molar-refractivity contribution in [1.29, 1.82) is 0 Å². The maximum Gasteiger partial charge on any atom is 0.242 e. The van der Waals surface area contributed by atoms with Crippen LogP contribution in [0.15, 0.2) is 71.6 Å². The van der Waals surface area contributed by atoms with Crippen molar-refractivity contribution in [3.63, 3.8) is 0 Å².